The molecule has 3 aromatic carbocycles. The topological polar surface area (TPSA) is 87.3 Å². The fraction of sp³-hybridized carbons (Fsp3) is 0.258. The van der Waals surface area contributed by atoms with E-state index in [2.05, 4.69) is 16.0 Å². The molecule has 0 atom stereocenters. The average Bonchev–Trinajstić information content (AvgIpc) is 2.97. The first-order valence-electron chi connectivity index (χ1n) is 13.3. The highest BCUT2D eigenvalue weighted by atomic mass is 35.5. The third kappa shape index (κ3) is 9.28. The van der Waals surface area contributed by atoms with Crippen LogP contribution in [0.2, 0.25) is 5.02 Å². The molecule has 3 rings (SSSR count). The van der Waals surface area contributed by atoms with Gasteiger partial charge in [-0.2, -0.15) is 26.3 Å². The first kappa shape index (κ1) is 36.0. The zero-order valence-corrected chi connectivity index (χ0v) is 24.8. The number of hydrogen-bond acceptors (Lipinski definition) is 3. The summed E-state index contributed by atoms with van der Waals surface area (Å²) in [4.78, 5) is 38.2. The van der Waals surface area contributed by atoms with Gasteiger partial charge in [-0.1, -0.05) is 41.9 Å². The summed E-state index contributed by atoms with van der Waals surface area (Å²) in [6.45, 7) is 0.886. The van der Waals surface area contributed by atoms with Crippen molar-refractivity contribution in [2.75, 3.05) is 5.32 Å². The summed E-state index contributed by atoms with van der Waals surface area (Å²) in [7, 11) is 0. The van der Waals surface area contributed by atoms with E-state index in [1.54, 1.807) is 0 Å². The number of benzene rings is 3. The summed E-state index contributed by atoms with van der Waals surface area (Å²) in [6, 6.07) is 11.7. The van der Waals surface area contributed by atoms with Crippen LogP contribution in [0.4, 0.5) is 40.8 Å². The Kier molecular flexibility index (Phi) is 11.2. The lowest BCUT2D eigenvalue weighted by atomic mass is 9.91. The Labute approximate surface area is 262 Å². The monoisotopic (exact) mass is 675 g/mol. The lowest BCUT2D eigenvalue weighted by molar-refractivity contribution is -0.211. The van der Waals surface area contributed by atoms with Crippen LogP contribution in [0.1, 0.15) is 56.8 Å². The molecule has 0 heterocycles. The number of nitrogens with one attached hydrogen (secondary N) is 3. The second-order valence-electron chi connectivity index (χ2n) is 10.4. The molecule has 0 aliphatic heterocycles. The van der Waals surface area contributed by atoms with Crippen LogP contribution in [0, 0.1) is 5.41 Å². The van der Waals surface area contributed by atoms with E-state index in [4.69, 9.17) is 11.6 Å². The van der Waals surface area contributed by atoms with Gasteiger partial charge >= 0.3 is 12.4 Å². The number of hydrogen-bond donors (Lipinski definition) is 3. The van der Waals surface area contributed by atoms with E-state index in [9.17, 15) is 49.5 Å². The van der Waals surface area contributed by atoms with Gasteiger partial charge in [-0.25, -0.2) is 8.78 Å². The van der Waals surface area contributed by atoms with Gasteiger partial charge in [0, 0.05) is 24.3 Å². The lowest BCUT2D eigenvalue weighted by Crippen LogP contribution is -2.46. The third-order valence-electron chi connectivity index (χ3n) is 6.72. The molecule has 0 spiro atoms. The Balaban J connectivity index is 1.79. The normalized spacial score (nSPS) is 12.3. The molecule has 0 unspecified atom stereocenters. The zero-order chi connectivity index (χ0) is 34.4. The zero-order valence-electron chi connectivity index (χ0n) is 24.0. The van der Waals surface area contributed by atoms with Crippen LogP contribution in [0.5, 0.6) is 0 Å². The number of anilines is 1. The van der Waals surface area contributed by atoms with Crippen LogP contribution >= 0.6 is 11.6 Å². The maximum Gasteiger partial charge on any atom is 0.416 e. The Bertz CT molecular complexity index is 1620. The Morgan fingerprint density at radius 2 is 1.39 bits per heavy atom. The standard InChI is InChI=1S/C31H26ClF8N3O3/c1-29(2,31(38,39)40)28(46)42-16-18-5-11-24(32)23(13-18)27(45)43-21-10-6-19(7-12-25(33)34)22(14-21)26(44)41-15-17-3-8-20(9-4-17)30(35,36)37/h3-14,25H,15-16H2,1-2H3,(H,41,44)(H,42,46)(H,43,45)/b12-7+. The minimum Gasteiger partial charge on any atom is -0.351 e. The molecule has 3 aromatic rings. The van der Waals surface area contributed by atoms with Crippen LogP contribution in [0.25, 0.3) is 6.08 Å². The van der Waals surface area contributed by atoms with Gasteiger partial charge in [0.1, 0.15) is 5.41 Å². The summed E-state index contributed by atoms with van der Waals surface area (Å²) in [5.74, 6) is -2.88. The summed E-state index contributed by atoms with van der Waals surface area (Å²) < 4.78 is 104. The largest absolute Gasteiger partial charge is 0.416 e. The number of carbonyl (C=O) groups excluding carboxylic acids is 3. The number of halogens is 9. The van der Waals surface area contributed by atoms with Crippen molar-refractivity contribution in [3.05, 3.63) is 105 Å². The summed E-state index contributed by atoms with van der Waals surface area (Å²) in [5.41, 5.74) is -3.19. The van der Waals surface area contributed by atoms with Crippen LogP contribution < -0.4 is 16.0 Å². The van der Waals surface area contributed by atoms with Gasteiger partial charge in [-0.15, -0.1) is 0 Å². The second kappa shape index (κ2) is 14.3. The second-order valence-corrected chi connectivity index (χ2v) is 10.9. The van der Waals surface area contributed by atoms with E-state index in [0.717, 1.165) is 44.2 Å². The van der Waals surface area contributed by atoms with E-state index in [1.807, 2.05) is 0 Å². The third-order valence-corrected chi connectivity index (χ3v) is 7.05. The molecule has 3 N–H and O–H groups in total. The van der Waals surface area contributed by atoms with Crippen molar-refractivity contribution < 1.29 is 49.5 Å². The van der Waals surface area contributed by atoms with Gasteiger partial charge in [0.15, 0.2) is 0 Å². The van der Waals surface area contributed by atoms with Crippen LogP contribution in [0.3, 0.4) is 0 Å². The Morgan fingerprint density at radius 1 is 0.783 bits per heavy atom. The molecule has 246 valence electrons. The van der Waals surface area contributed by atoms with Gasteiger partial charge in [-0.3, -0.25) is 14.4 Å². The van der Waals surface area contributed by atoms with Crippen molar-refractivity contribution in [1.82, 2.24) is 10.6 Å². The molecular weight excluding hydrogens is 650 g/mol. The van der Waals surface area contributed by atoms with E-state index in [0.29, 0.717) is 11.6 Å². The minimum atomic E-state index is -4.80. The van der Waals surface area contributed by atoms with E-state index >= 15 is 0 Å². The number of alkyl halides is 8. The summed E-state index contributed by atoms with van der Waals surface area (Å²) >= 11 is 6.16. The molecule has 0 radical (unpaired) electrons. The maximum atomic E-state index is 13.2. The Morgan fingerprint density at radius 3 is 1.98 bits per heavy atom. The Hall–Kier alpha value is -4.46. The predicted octanol–water partition coefficient (Wildman–Crippen LogP) is 8.02. The quantitative estimate of drug-likeness (QED) is 0.190. The molecule has 46 heavy (non-hydrogen) atoms. The van der Waals surface area contributed by atoms with Crippen molar-refractivity contribution in [2.45, 2.75) is 45.7 Å². The average molecular weight is 676 g/mol. The first-order valence-corrected chi connectivity index (χ1v) is 13.7. The van der Waals surface area contributed by atoms with E-state index in [-0.39, 0.29) is 46.1 Å². The van der Waals surface area contributed by atoms with Gasteiger partial charge in [0.25, 0.3) is 18.2 Å². The molecule has 0 aliphatic carbocycles. The number of carbonyl (C=O) groups is 3. The molecule has 0 fully saturated rings. The van der Waals surface area contributed by atoms with E-state index in [1.165, 1.54) is 36.4 Å². The number of allylic oxidation sites excluding steroid dienone is 1. The highest BCUT2D eigenvalue weighted by molar-refractivity contribution is 6.34. The van der Waals surface area contributed by atoms with Gasteiger partial charge in [0.2, 0.25) is 5.91 Å². The van der Waals surface area contributed by atoms with Gasteiger partial charge < -0.3 is 16.0 Å². The highest BCUT2D eigenvalue weighted by Gasteiger charge is 2.52. The van der Waals surface area contributed by atoms with Crippen LogP contribution in [0.15, 0.2) is 66.7 Å². The fourth-order valence-corrected chi connectivity index (χ4v) is 4.03. The molecule has 0 saturated heterocycles. The minimum absolute atomic E-state index is 0.0283. The highest BCUT2D eigenvalue weighted by Crippen LogP contribution is 2.37. The van der Waals surface area contributed by atoms with E-state index < -0.39 is 47.5 Å². The van der Waals surface area contributed by atoms with Crippen LogP contribution in [-0.2, 0) is 24.1 Å². The smallest absolute Gasteiger partial charge is 0.351 e. The first-order chi connectivity index (χ1) is 21.3. The van der Waals surface area contributed by atoms with Crippen molar-refractivity contribution in [1.29, 1.82) is 0 Å². The molecular formula is C31H26ClF8N3O3. The summed E-state index contributed by atoms with van der Waals surface area (Å²) in [5, 5.41) is 7.12. The van der Waals surface area contributed by atoms with Crippen molar-refractivity contribution in [2.24, 2.45) is 5.41 Å². The van der Waals surface area contributed by atoms with Gasteiger partial charge in [-0.05, 0) is 73.0 Å². The molecule has 0 aliphatic rings. The number of rotatable bonds is 10. The van der Waals surface area contributed by atoms with Crippen molar-refractivity contribution in [3.8, 4) is 0 Å². The molecule has 0 aromatic heterocycles. The molecule has 3 amide bonds. The molecule has 15 heteroatoms. The van der Waals surface area contributed by atoms with Crippen molar-refractivity contribution in [3.63, 3.8) is 0 Å². The molecule has 6 nitrogen and oxygen atoms in total. The van der Waals surface area contributed by atoms with Crippen molar-refractivity contribution >= 4 is 41.1 Å². The molecule has 0 saturated carbocycles. The van der Waals surface area contributed by atoms with Crippen LogP contribution in [-0.4, -0.2) is 30.3 Å². The fourth-order valence-electron chi connectivity index (χ4n) is 3.83. The summed E-state index contributed by atoms with van der Waals surface area (Å²) in [6.07, 6.45) is -10.7. The molecule has 0 bridgehead atoms. The predicted molar refractivity (Wildman–Crippen MR) is 155 cm³/mol. The van der Waals surface area contributed by atoms with Gasteiger partial charge in [0.05, 0.1) is 16.1 Å². The lowest BCUT2D eigenvalue weighted by Gasteiger charge is -2.26. The SMILES string of the molecule is CC(C)(C(=O)NCc1ccc(Cl)c(C(=O)Nc2ccc(/C=C/C(F)F)c(C(=O)NCc3ccc(C(F)(F)F)cc3)c2)c1)C(F)(F)F. The maximum absolute atomic E-state index is 13.2. The number of amides is 3.